The highest BCUT2D eigenvalue weighted by Crippen LogP contribution is 2.13. The molecule has 3 heterocycles. The fourth-order valence-electron chi connectivity index (χ4n) is 2.88. The fourth-order valence-corrected chi connectivity index (χ4v) is 2.88. The maximum absolute atomic E-state index is 12.6. The van der Waals surface area contributed by atoms with Crippen LogP contribution < -0.4 is 5.32 Å². The Kier molecular flexibility index (Phi) is 5.48. The third-order valence-corrected chi connectivity index (χ3v) is 4.52. The van der Waals surface area contributed by atoms with Gasteiger partial charge in [-0.1, -0.05) is 5.21 Å². The Bertz CT molecular complexity index is 886. The van der Waals surface area contributed by atoms with Gasteiger partial charge in [0, 0.05) is 25.7 Å². The van der Waals surface area contributed by atoms with Crippen molar-refractivity contribution in [2.45, 2.75) is 45.8 Å². The van der Waals surface area contributed by atoms with E-state index in [9.17, 15) is 14.4 Å². The molecule has 3 rings (SSSR count). The largest absolute Gasteiger partial charge is 0.464 e. The second kappa shape index (κ2) is 7.83. The Morgan fingerprint density at radius 3 is 2.71 bits per heavy atom. The zero-order chi connectivity index (χ0) is 20.4. The van der Waals surface area contributed by atoms with Gasteiger partial charge in [-0.3, -0.25) is 14.5 Å². The third kappa shape index (κ3) is 4.21. The molecule has 28 heavy (non-hydrogen) atoms. The minimum atomic E-state index is -0.754. The molecule has 10 nitrogen and oxygen atoms in total. The lowest BCUT2D eigenvalue weighted by Crippen LogP contribution is -2.41. The number of nitrogens with one attached hydrogen (secondary N) is 1. The Hall–Kier alpha value is -3.17. The number of imide groups is 1. The van der Waals surface area contributed by atoms with Gasteiger partial charge in [0.15, 0.2) is 0 Å². The van der Waals surface area contributed by atoms with Gasteiger partial charge in [0.2, 0.25) is 5.91 Å². The highest BCUT2D eigenvalue weighted by molar-refractivity contribution is 6.06. The van der Waals surface area contributed by atoms with Crippen LogP contribution in [-0.2, 0) is 22.6 Å². The number of nitrogens with zero attached hydrogens (tertiary/aromatic N) is 5. The highest BCUT2D eigenvalue weighted by Gasteiger charge is 2.39. The standard InChI is InChI=1S/C18H24N6O4/c1-11(2)24-8-13(20-21-24)7-15-17(26)23(18(27)19-15)10-16(25)22(4)9-14-6-5-12(3)28-14/h5-6,8,11,15H,7,9-10H2,1-4H3,(H,19,27). The average molecular weight is 388 g/mol. The van der Waals surface area contributed by atoms with Crippen LogP contribution in [0.3, 0.4) is 0 Å². The van der Waals surface area contributed by atoms with Gasteiger partial charge in [-0.25, -0.2) is 9.48 Å². The molecule has 1 atom stereocenters. The molecular formula is C18H24N6O4. The summed E-state index contributed by atoms with van der Waals surface area (Å²) in [6, 6.07) is 2.41. The second-order valence-corrected chi connectivity index (χ2v) is 7.18. The van der Waals surface area contributed by atoms with Crippen molar-refractivity contribution in [3.63, 3.8) is 0 Å². The number of hydrogen-bond donors (Lipinski definition) is 1. The van der Waals surface area contributed by atoms with E-state index < -0.39 is 18.0 Å². The molecule has 2 aromatic rings. The van der Waals surface area contributed by atoms with Gasteiger partial charge in [0.25, 0.3) is 5.91 Å². The van der Waals surface area contributed by atoms with E-state index in [0.717, 1.165) is 10.7 Å². The van der Waals surface area contributed by atoms with Crippen molar-refractivity contribution in [3.05, 3.63) is 35.5 Å². The van der Waals surface area contributed by atoms with Gasteiger partial charge in [-0.2, -0.15) is 0 Å². The molecule has 1 fully saturated rings. The average Bonchev–Trinajstić information content (AvgIpc) is 3.32. The molecule has 1 unspecified atom stereocenters. The molecule has 150 valence electrons. The van der Waals surface area contributed by atoms with E-state index in [1.165, 1.54) is 4.90 Å². The topological polar surface area (TPSA) is 114 Å². The molecule has 10 heteroatoms. The zero-order valence-electron chi connectivity index (χ0n) is 16.4. The summed E-state index contributed by atoms with van der Waals surface area (Å²) in [6.07, 6.45) is 1.97. The monoisotopic (exact) mass is 388 g/mol. The first-order chi connectivity index (χ1) is 13.2. The molecule has 1 aliphatic heterocycles. The van der Waals surface area contributed by atoms with Crippen molar-refractivity contribution < 1.29 is 18.8 Å². The van der Waals surface area contributed by atoms with Crippen LogP contribution in [0.1, 0.15) is 37.1 Å². The summed E-state index contributed by atoms with van der Waals surface area (Å²) in [6.45, 7) is 5.69. The van der Waals surface area contributed by atoms with Crippen LogP contribution in [0.15, 0.2) is 22.7 Å². The Balaban J connectivity index is 1.58. The lowest BCUT2D eigenvalue weighted by Gasteiger charge is -2.19. The quantitative estimate of drug-likeness (QED) is 0.705. The van der Waals surface area contributed by atoms with Gasteiger partial charge >= 0.3 is 6.03 Å². The number of carbonyl (C=O) groups excluding carboxylic acids is 3. The van der Waals surface area contributed by atoms with Crippen LogP contribution >= 0.6 is 0 Å². The summed E-state index contributed by atoms with van der Waals surface area (Å²) in [7, 11) is 1.60. The second-order valence-electron chi connectivity index (χ2n) is 7.18. The number of aromatic nitrogens is 3. The van der Waals surface area contributed by atoms with E-state index in [-0.39, 0.29) is 31.5 Å². The van der Waals surface area contributed by atoms with E-state index in [4.69, 9.17) is 4.42 Å². The predicted molar refractivity (Wildman–Crippen MR) is 98.1 cm³/mol. The lowest BCUT2D eigenvalue weighted by atomic mass is 10.1. The van der Waals surface area contributed by atoms with E-state index >= 15 is 0 Å². The third-order valence-electron chi connectivity index (χ3n) is 4.52. The number of rotatable bonds is 7. The first-order valence-electron chi connectivity index (χ1n) is 9.06. The van der Waals surface area contributed by atoms with Crippen molar-refractivity contribution in [3.8, 4) is 0 Å². The van der Waals surface area contributed by atoms with E-state index in [1.54, 1.807) is 24.0 Å². The number of likely N-dealkylation sites (N-methyl/N-ethyl adjacent to an activating group) is 1. The molecule has 0 aromatic carbocycles. The van der Waals surface area contributed by atoms with Gasteiger partial charge in [0.1, 0.15) is 24.1 Å². The van der Waals surface area contributed by atoms with E-state index in [0.29, 0.717) is 11.5 Å². The Labute approximate surface area is 162 Å². The van der Waals surface area contributed by atoms with Crippen LogP contribution in [0.4, 0.5) is 4.79 Å². The Morgan fingerprint density at radius 2 is 2.11 bits per heavy atom. The molecule has 0 spiro atoms. The summed E-state index contributed by atoms with van der Waals surface area (Å²) in [4.78, 5) is 39.5. The minimum Gasteiger partial charge on any atom is -0.464 e. The maximum Gasteiger partial charge on any atom is 0.325 e. The van der Waals surface area contributed by atoms with Crippen LogP contribution in [0.2, 0.25) is 0 Å². The molecule has 2 aromatic heterocycles. The Morgan fingerprint density at radius 1 is 1.36 bits per heavy atom. The van der Waals surface area contributed by atoms with Crippen molar-refractivity contribution >= 4 is 17.8 Å². The summed E-state index contributed by atoms with van der Waals surface area (Å²) in [5.74, 6) is 0.586. The first-order valence-corrected chi connectivity index (χ1v) is 9.06. The molecule has 0 radical (unpaired) electrons. The highest BCUT2D eigenvalue weighted by atomic mass is 16.3. The normalized spacial score (nSPS) is 16.8. The van der Waals surface area contributed by atoms with Gasteiger partial charge in [-0.05, 0) is 32.9 Å². The molecule has 0 saturated carbocycles. The summed E-state index contributed by atoms with van der Waals surface area (Å²) in [5.41, 5.74) is 0.603. The molecule has 0 aliphatic carbocycles. The number of urea groups is 1. The molecular weight excluding hydrogens is 364 g/mol. The number of amides is 4. The predicted octanol–water partition coefficient (Wildman–Crippen LogP) is 0.882. The summed E-state index contributed by atoms with van der Waals surface area (Å²) < 4.78 is 7.13. The van der Waals surface area contributed by atoms with Crippen LogP contribution in [0, 0.1) is 6.92 Å². The molecule has 1 N–H and O–H groups in total. The maximum atomic E-state index is 12.6. The molecule has 0 bridgehead atoms. The first kappa shape index (κ1) is 19.6. The van der Waals surface area contributed by atoms with Crippen molar-refractivity contribution in [1.82, 2.24) is 30.1 Å². The lowest BCUT2D eigenvalue weighted by molar-refractivity contribution is -0.137. The SMILES string of the molecule is Cc1ccc(CN(C)C(=O)CN2C(=O)NC(Cc3cn(C(C)C)nn3)C2=O)o1. The van der Waals surface area contributed by atoms with Crippen LogP contribution in [0.5, 0.6) is 0 Å². The van der Waals surface area contributed by atoms with Crippen LogP contribution in [0.25, 0.3) is 0 Å². The van der Waals surface area contributed by atoms with Crippen molar-refractivity contribution in [1.29, 1.82) is 0 Å². The fraction of sp³-hybridized carbons (Fsp3) is 0.500. The minimum absolute atomic E-state index is 0.151. The smallest absolute Gasteiger partial charge is 0.325 e. The van der Waals surface area contributed by atoms with Crippen molar-refractivity contribution in [2.75, 3.05) is 13.6 Å². The van der Waals surface area contributed by atoms with Gasteiger partial charge in [-0.15, -0.1) is 5.10 Å². The molecule has 1 saturated heterocycles. The zero-order valence-corrected chi connectivity index (χ0v) is 16.4. The summed E-state index contributed by atoms with van der Waals surface area (Å²) in [5, 5.41) is 10.6. The van der Waals surface area contributed by atoms with Crippen molar-refractivity contribution in [2.24, 2.45) is 0 Å². The van der Waals surface area contributed by atoms with E-state index in [1.807, 2.05) is 26.8 Å². The van der Waals surface area contributed by atoms with E-state index in [2.05, 4.69) is 15.6 Å². The van der Waals surface area contributed by atoms with Gasteiger partial charge < -0.3 is 14.6 Å². The number of carbonyl (C=O) groups is 3. The summed E-state index contributed by atoms with van der Waals surface area (Å²) >= 11 is 0. The number of furan rings is 1. The van der Waals surface area contributed by atoms with Gasteiger partial charge in [0.05, 0.1) is 12.2 Å². The molecule has 1 aliphatic rings. The number of aryl methyl sites for hydroxylation is 1. The molecule has 4 amide bonds. The van der Waals surface area contributed by atoms with Crippen LogP contribution in [-0.4, -0.2) is 62.3 Å². The number of hydrogen-bond acceptors (Lipinski definition) is 6.